The standard InChI is InChI=1S/C14H13N5O2/c1-9-16-13(18-21-9)10-4-3-5-11(6-10)17-14(20)12-7-19(2)8-15-12/h3-8H,1-2H3,(H,17,20). The molecule has 0 radical (unpaired) electrons. The molecule has 0 fully saturated rings. The Kier molecular flexibility index (Phi) is 3.23. The summed E-state index contributed by atoms with van der Waals surface area (Å²) in [6, 6.07) is 7.23. The fourth-order valence-corrected chi connectivity index (χ4v) is 1.88. The Morgan fingerprint density at radius 3 is 2.90 bits per heavy atom. The summed E-state index contributed by atoms with van der Waals surface area (Å²) >= 11 is 0. The van der Waals surface area contributed by atoms with Gasteiger partial charge in [-0.1, -0.05) is 17.3 Å². The van der Waals surface area contributed by atoms with Gasteiger partial charge in [-0.15, -0.1) is 0 Å². The lowest BCUT2D eigenvalue weighted by Gasteiger charge is -2.04. The largest absolute Gasteiger partial charge is 0.340 e. The van der Waals surface area contributed by atoms with E-state index in [0.29, 0.717) is 23.1 Å². The topological polar surface area (TPSA) is 85.8 Å². The second-order valence-electron chi connectivity index (χ2n) is 4.60. The first-order valence-electron chi connectivity index (χ1n) is 6.32. The zero-order valence-corrected chi connectivity index (χ0v) is 11.6. The van der Waals surface area contributed by atoms with Crippen LogP contribution in [0.2, 0.25) is 0 Å². The van der Waals surface area contributed by atoms with E-state index in [9.17, 15) is 4.79 Å². The molecule has 1 aromatic carbocycles. The number of rotatable bonds is 3. The van der Waals surface area contributed by atoms with E-state index in [0.717, 1.165) is 5.56 Å². The number of aromatic nitrogens is 4. The number of benzene rings is 1. The molecule has 106 valence electrons. The molecule has 1 amide bonds. The fourth-order valence-electron chi connectivity index (χ4n) is 1.88. The van der Waals surface area contributed by atoms with Crippen molar-refractivity contribution in [1.82, 2.24) is 19.7 Å². The quantitative estimate of drug-likeness (QED) is 0.794. The summed E-state index contributed by atoms with van der Waals surface area (Å²) in [4.78, 5) is 20.2. The number of amides is 1. The maximum Gasteiger partial charge on any atom is 0.275 e. The van der Waals surface area contributed by atoms with Crippen molar-refractivity contribution < 1.29 is 9.32 Å². The summed E-state index contributed by atoms with van der Waals surface area (Å²) in [5, 5.41) is 6.64. The highest BCUT2D eigenvalue weighted by Gasteiger charge is 2.11. The highest BCUT2D eigenvalue weighted by atomic mass is 16.5. The van der Waals surface area contributed by atoms with Crippen molar-refractivity contribution in [3.05, 3.63) is 48.4 Å². The van der Waals surface area contributed by atoms with Crippen LogP contribution >= 0.6 is 0 Å². The van der Waals surface area contributed by atoms with E-state index in [1.807, 2.05) is 19.2 Å². The Hall–Kier alpha value is -2.96. The van der Waals surface area contributed by atoms with Crippen molar-refractivity contribution in [2.24, 2.45) is 7.05 Å². The third-order valence-electron chi connectivity index (χ3n) is 2.84. The summed E-state index contributed by atoms with van der Waals surface area (Å²) in [7, 11) is 1.81. The van der Waals surface area contributed by atoms with Crippen molar-refractivity contribution in [3.63, 3.8) is 0 Å². The van der Waals surface area contributed by atoms with Crippen molar-refractivity contribution in [1.29, 1.82) is 0 Å². The molecule has 7 nitrogen and oxygen atoms in total. The van der Waals surface area contributed by atoms with Crippen molar-refractivity contribution in [3.8, 4) is 11.4 Å². The van der Waals surface area contributed by atoms with Gasteiger partial charge in [-0.2, -0.15) is 4.98 Å². The van der Waals surface area contributed by atoms with Gasteiger partial charge in [-0.05, 0) is 12.1 Å². The molecular weight excluding hydrogens is 270 g/mol. The molecule has 0 bridgehead atoms. The highest BCUT2D eigenvalue weighted by molar-refractivity contribution is 6.02. The number of carbonyl (C=O) groups is 1. The number of aryl methyl sites for hydroxylation is 2. The molecule has 2 aromatic heterocycles. The summed E-state index contributed by atoms with van der Waals surface area (Å²) in [6.45, 7) is 1.73. The maximum atomic E-state index is 12.0. The molecule has 0 saturated carbocycles. The van der Waals surface area contributed by atoms with Crippen LogP contribution in [0.5, 0.6) is 0 Å². The lowest BCUT2D eigenvalue weighted by Crippen LogP contribution is -2.12. The molecule has 3 rings (SSSR count). The molecule has 0 atom stereocenters. The summed E-state index contributed by atoms with van der Waals surface area (Å²) in [5.41, 5.74) is 1.77. The number of hydrogen-bond acceptors (Lipinski definition) is 5. The van der Waals surface area contributed by atoms with Crippen LogP contribution in [0.25, 0.3) is 11.4 Å². The van der Waals surface area contributed by atoms with Gasteiger partial charge < -0.3 is 14.4 Å². The first-order valence-corrected chi connectivity index (χ1v) is 6.32. The average Bonchev–Trinajstić information content (AvgIpc) is 3.08. The van der Waals surface area contributed by atoms with Crippen LogP contribution in [0.3, 0.4) is 0 Å². The van der Waals surface area contributed by atoms with Gasteiger partial charge in [0.25, 0.3) is 5.91 Å². The number of anilines is 1. The molecule has 0 aliphatic rings. The van der Waals surface area contributed by atoms with Crippen LogP contribution in [0.4, 0.5) is 5.69 Å². The molecule has 0 unspecified atom stereocenters. The Bertz CT molecular complexity index is 790. The monoisotopic (exact) mass is 283 g/mol. The number of nitrogens with one attached hydrogen (secondary N) is 1. The summed E-state index contributed by atoms with van der Waals surface area (Å²) in [6.07, 6.45) is 3.23. The fraction of sp³-hybridized carbons (Fsp3) is 0.143. The van der Waals surface area contributed by atoms with E-state index < -0.39 is 0 Å². The van der Waals surface area contributed by atoms with Gasteiger partial charge in [-0.25, -0.2) is 4.98 Å². The third kappa shape index (κ3) is 2.81. The molecule has 0 spiro atoms. The second kappa shape index (κ2) is 5.20. The first kappa shape index (κ1) is 13.0. The normalized spacial score (nSPS) is 10.6. The van der Waals surface area contributed by atoms with Crippen LogP contribution in [-0.2, 0) is 7.05 Å². The zero-order chi connectivity index (χ0) is 14.8. The molecule has 0 aliphatic carbocycles. The molecule has 1 N–H and O–H groups in total. The first-order chi connectivity index (χ1) is 10.1. The van der Waals surface area contributed by atoms with Crippen LogP contribution < -0.4 is 5.32 Å². The average molecular weight is 283 g/mol. The van der Waals surface area contributed by atoms with E-state index in [1.165, 1.54) is 0 Å². The molecule has 7 heteroatoms. The van der Waals surface area contributed by atoms with Gasteiger partial charge in [0.1, 0.15) is 5.69 Å². The Morgan fingerprint density at radius 2 is 2.24 bits per heavy atom. The Labute approximate surface area is 120 Å². The van der Waals surface area contributed by atoms with Crippen molar-refractivity contribution >= 4 is 11.6 Å². The number of imidazole rings is 1. The molecule has 0 saturated heterocycles. The smallest absolute Gasteiger partial charge is 0.275 e. The van der Waals surface area contributed by atoms with Crippen LogP contribution in [0.15, 0.2) is 41.3 Å². The van der Waals surface area contributed by atoms with Gasteiger partial charge in [0.05, 0.1) is 6.33 Å². The van der Waals surface area contributed by atoms with E-state index >= 15 is 0 Å². The van der Waals surface area contributed by atoms with Gasteiger partial charge in [-0.3, -0.25) is 4.79 Å². The summed E-state index contributed by atoms with van der Waals surface area (Å²) < 4.78 is 6.67. The minimum absolute atomic E-state index is 0.267. The minimum atomic E-state index is -0.267. The SMILES string of the molecule is Cc1nc(-c2cccc(NC(=O)c3cn(C)cn3)c2)no1. The maximum absolute atomic E-state index is 12.0. The third-order valence-corrected chi connectivity index (χ3v) is 2.84. The van der Waals surface area contributed by atoms with Crippen LogP contribution in [-0.4, -0.2) is 25.6 Å². The van der Waals surface area contributed by atoms with E-state index in [1.54, 1.807) is 36.1 Å². The number of carbonyl (C=O) groups excluding carboxylic acids is 1. The van der Waals surface area contributed by atoms with E-state index in [2.05, 4.69) is 20.4 Å². The van der Waals surface area contributed by atoms with E-state index in [4.69, 9.17) is 4.52 Å². The minimum Gasteiger partial charge on any atom is -0.340 e. The molecule has 2 heterocycles. The Morgan fingerprint density at radius 1 is 1.38 bits per heavy atom. The molecule has 3 aromatic rings. The summed E-state index contributed by atoms with van der Waals surface area (Å²) in [5.74, 6) is 0.714. The highest BCUT2D eigenvalue weighted by Crippen LogP contribution is 2.20. The lowest BCUT2D eigenvalue weighted by molar-refractivity contribution is 0.102. The predicted octanol–water partition coefficient (Wildman–Crippen LogP) is 2.03. The predicted molar refractivity (Wildman–Crippen MR) is 75.6 cm³/mol. The number of hydrogen-bond donors (Lipinski definition) is 1. The van der Waals surface area contributed by atoms with Gasteiger partial charge in [0, 0.05) is 31.4 Å². The molecular formula is C14H13N5O2. The molecule has 21 heavy (non-hydrogen) atoms. The van der Waals surface area contributed by atoms with Gasteiger partial charge in [0.15, 0.2) is 0 Å². The van der Waals surface area contributed by atoms with Crippen molar-refractivity contribution in [2.75, 3.05) is 5.32 Å². The van der Waals surface area contributed by atoms with Gasteiger partial charge >= 0.3 is 0 Å². The van der Waals surface area contributed by atoms with Crippen LogP contribution in [0.1, 0.15) is 16.4 Å². The van der Waals surface area contributed by atoms with E-state index in [-0.39, 0.29) is 5.91 Å². The van der Waals surface area contributed by atoms with Gasteiger partial charge in [0.2, 0.25) is 11.7 Å². The van der Waals surface area contributed by atoms with Crippen molar-refractivity contribution in [2.45, 2.75) is 6.92 Å². The molecule has 0 aliphatic heterocycles. The lowest BCUT2D eigenvalue weighted by atomic mass is 10.2. The number of nitrogens with zero attached hydrogens (tertiary/aromatic N) is 4. The Balaban J connectivity index is 1.82. The zero-order valence-electron chi connectivity index (χ0n) is 11.6. The second-order valence-corrected chi connectivity index (χ2v) is 4.60. The van der Waals surface area contributed by atoms with Crippen LogP contribution in [0, 0.1) is 6.92 Å².